The van der Waals surface area contributed by atoms with E-state index < -0.39 is 0 Å². The number of hydrogen-bond donors (Lipinski definition) is 2. The zero-order valence-corrected chi connectivity index (χ0v) is 17.8. The quantitative estimate of drug-likeness (QED) is 0.708. The number of likely N-dealkylation sites (tertiary alicyclic amines) is 1. The zero-order valence-electron chi connectivity index (χ0n) is 16.1. The van der Waals surface area contributed by atoms with E-state index in [9.17, 15) is 4.79 Å². The summed E-state index contributed by atoms with van der Waals surface area (Å²) in [6.07, 6.45) is 2.62. The van der Waals surface area contributed by atoms with E-state index in [1.165, 1.54) is 5.56 Å². The SMILES string of the molecule is Cl.Cl.NC(CC(=O)NCC1CCN(Cc2ccccc2)CC1)c1ccccc1. The summed E-state index contributed by atoms with van der Waals surface area (Å²) in [6, 6.07) is 20.2. The molecule has 6 heteroatoms. The summed E-state index contributed by atoms with van der Waals surface area (Å²) >= 11 is 0. The van der Waals surface area contributed by atoms with Crippen molar-refractivity contribution in [2.75, 3.05) is 19.6 Å². The first kappa shape index (κ1) is 24.4. The summed E-state index contributed by atoms with van der Waals surface area (Å²) in [7, 11) is 0. The third kappa shape index (κ3) is 7.80. The molecular formula is C22H31Cl2N3O. The number of benzene rings is 2. The van der Waals surface area contributed by atoms with Gasteiger partial charge in [-0.15, -0.1) is 24.8 Å². The summed E-state index contributed by atoms with van der Waals surface area (Å²) in [4.78, 5) is 14.7. The Bertz CT molecular complexity index is 677. The molecule has 0 spiro atoms. The van der Waals surface area contributed by atoms with Crippen molar-refractivity contribution in [3.8, 4) is 0 Å². The summed E-state index contributed by atoms with van der Waals surface area (Å²) in [5.41, 5.74) is 8.51. The number of nitrogens with zero attached hydrogens (tertiary/aromatic N) is 1. The Kier molecular flexibility index (Phi) is 11.2. The van der Waals surface area contributed by atoms with E-state index in [2.05, 4.69) is 40.5 Å². The molecule has 1 aliphatic rings. The van der Waals surface area contributed by atoms with E-state index in [4.69, 9.17) is 5.73 Å². The minimum absolute atomic E-state index is 0. The van der Waals surface area contributed by atoms with E-state index >= 15 is 0 Å². The third-order valence-electron chi connectivity index (χ3n) is 5.18. The normalized spacial score (nSPS) is 15.8. The molecule has 0 saturated carbocycles. The van der Waals surface area contributed by atoms with Gasteiger partial charge in [-0.2, -0.15) is 0 Å². The van der Waals surface area contributed by atoms with Gasteiger partial charge in [0.25, 0.3) is 0 Å². The molecule has 0 aliphatic carbocycles. The van der Waals surface area contributed by atoms with Crippen molar-refractivity contribution in [3.63, 3.8) is 0 Å². The van der Waals surface area contributed by atoms with Crippen LogP contribution in [-0.4, -0.2) is 30.4 Å². The maximum Gasteiger partial charge on any atom is 0.221 e. The van der Waals surface area contributed by atoms with Gasteiger partial charge in [0, 0.05) is 25.6 Å². The molecular weight excluding hydrogens is 393 g/mol. The van der Waals surface area contributed by atoms with Crippen molar-refractivity contribution >= 4 is 30.7 Å². The molecule has 0 bridgehead atoms. The minimum Gasteiger partial charge on any atom is -0.356 e. The Morgan fingerprint density at radius 2 is 1.57 bits per heavy atom. The summed E-state index contributed by atoms with van der Waals surface area (Å²) in [6.45, 7) is 3.98. The molecule has 0 aromatic heterocycles. The average Bonchev–Trinajstić information content (AvgIpc) is 2.69. The first-order chi connectivity index (χ1) is 12.7. The number of amides is 1. The van der Waals surface area contributed by atoms with Crippen molar-refractivity contribution in [3.05, 3.63) is 71.8 Å². The predicted octanol–water partition coefficient (Wildman–Crippen LogP) is 3.95. The molecule has 2 aromatic carbocycles. The van der Waals surface area contributed by atoms with E-state index in [1.807, 2.05) is 30.3 Å². The molecule has 2 aromatic rings. The molecule has 1 fully saturated rings. The minimum atomic E-state index is -0.232. The van der Waals surface area contributed by atoms with Gasteiger partial charge in [-0.05, 0) is 43.0 Å². The van der Waals surface area contributed by atoms with Gasteiger partial charge in [-0.1, -0.05) is 60.7 Å². The van der Waals surface area contributed by atoms with Crippen LogP contribution in [0.15, 0.2) is 60.7 Å². The lowest BCUT2D eigenvalue weighted by Gasteiger charge is -2.32. The van der Waals surface area contributed by atoms with Crippen molar-refractivity contribution < 1.29 is 4.79 Å². The van der Waals surface area contributed by atoms with Crippen molar-refractivity contribution in [2.24, 2.45) is 11.7 Å². The largest absolute Gasteiger partial charge is 0.356 e. The number of piperidine rings is 1. The van der Waals surface area contributed by atoms with Gasteiger partial charge in [0.05, 0.1) is 0 Å². The van der Waals surface area contributed by atoms with Crippen LogP contribution in [0.25, 0.3) is 0 Å². The van der Waals surface area contributed by atoms with Crippen LogP contribution in [-0.2, 0) is 11.3 Å². The van der Waals surface area contributed by atoms with Gasteiger partial charge < -0.3 is 11.1 Å². The van der Waals surface area contributed by atoms with Crippen LogP contribution in [0.4, 0.5) is 0 Å². The Balaban J connectivity index is 0.00000196. The van der Waals surface area contributed by atoms with Gasteiger partial charge >= 0.3 is 0 Å². The highest BCUT2D eigenvalue weighted by atomic mass is 35.5. The van der Waals surface area contributed by atoms with Crippen molar-refractivity contribution in [1.29, 1.82) is 0 Å². The lowest BCUT2D eigenvalue weighted by Crippen LogP contribution is -2.38. The molecule has 154 valence electrons. The topological polar surface area (TPSA) is 58.4 Å². The van der Waals surface area contributed by atoms with Crippen molar-refractivity contribution in [1.82, 2.24) is 10.2 Å². The number of carbonyl (C=O) groups excluding carboxylic acids is 1. The smallest absolute Gasteiger partial charge is 0.221 e. The van der Waals surface area contributed by atoms with Crippen LogP contribution in [0, 0.1) is 5.92 Å². The first-order valence-corrected chi connectivity index (χ1v) is 9.54. The molecule has 1 aliphatic heterocycles. The maximum atomic E-state index is 12.2. The summed E-state index contributed by atoms with van der Waals surface area (Å²) in [5, 5.41) is 3.08. The van der Waals surface area contributed by atoms with Crippen LogP contribution in [0.1, 0.15) is 36.4 Å². The molecule has 1 heterocycles. The lowest BCUT2D eigenvalue weighted by atomic mass is 9.96. The van der Waals surface area contributed by atoms with Crippen LogP contribution in [0.5, 0.6) is 0 Å². The highest BCUT2D eigenvalue weighted by Crippen LogP contribution is 2.19. The zero-order chi connectivity index (χ0) is 18.2. The number of nitrogens with one attached hydrogen (secondary N) is 1. The first-order valence-electron chi connectivity index (χ1n) is 9.54. The number of nitrogens with two attached hydrogens (primary N) is 1. The highest BCUT2D eigenvalue weighted by Gasteiger charge is 2.20. The van der Waals surface area contributed by atoms with Gasteiger partial charge in [0.2, 0.25) is 5.91 Å². The molecule has 0 radical (unpaired) electrons. The lowest BCUT2D eigenvalue weighted by molar-refractivity contribution is -0.121. The maximum absolute atomic E-state index is 12.2. The second-order valence-electron chi connectivity index (χ2n) is 7.23. The summed E-state index contributed by atoms with van der Waals surface area (Å²) in [5.74, 6) is 0.618. The monoisotopic (exact) mass is 423 g/mol. The van der Waals surface area contributed by atoms with E-state index in [0.717, 1.165) is 44.6 Å². The Morgan fingerprint density at radius 1 is 1.00 bits per heavy atom. The average molecular weight is 424 g/mol. The summed E-state index contributed by atoms with van der Waals surface area (Å²) < 4.78 is 0. The van der Waals surface area contributed by atoms with Crippen LogP contribution in [0.3, 0.4) is 0 Å². The number of carbonyl (C=O) groups is 1. The molecule has 1 saturated heterocycles. The fourth-order valence-electron chi connectivity index (χ4n) is 3.54. The Labute approximate surface area is 180 Å². The van der Waals surface area contributed by atoms with Gasteiger partial charge in [0.1, 0.15) is 0 Å². The number of rotatable bonds is 7. The van der Waals surface area contributed by atoms with E-state index in [0.29, 0.717) is 12.3 Å². The number of halogens is 2. The van der Waals surface area contributed by atoms with Gasteiger partial charge in [-0.25, -0.2) is 0 Å². The number of hydrogen-bond acceptors (Lipinski definition) is 3. The second-order valence-corrected chi connectivity index (χ2v) is 7.23. The molecule has 1 amide bonds. The Morgan fingerprint density at radius 3 is 2.18 bits per heavy atom. The van der Waals surface area contributed by atoms with E-state index in [1.54, 1.807) is 0 Å². The second kappa shape index (κ2) is 12.8. The van der Waals surface area contributed by atoms with Gasteiger partial charge in [-0.3, -0.25) is 9.69 Å². The van der Waals surface area contributed by atoms with Crippen LogP contribution in [0.2, 0.25) is 0 Å². The molecule has 1 unspecified atom stereocenters. The molecule has 1 atom stereocenters. The van der Waals surface area contributed by atoms with Crippen LogP contribution >= 0.6 is 24.8 Å². The molecule has 28 heavy (non-hydrogen) atoms. The molecule has 3 N–H and O–H groups in total. The Hall–Kier alpha value is -1.59. The highest BCUT2D eigenvalue weighted by molar-refractivity contribution is 5.85. The molecule has 3 rings (SSSR count). The predicted molar refractivity (Wildman–Crippen MR) is 120 cm³/mol. The van der Waals surface area contributed by atoms with E-state index in [-0.39, 0.29) is 36.8 Å². The van der Waals surface area contributed by atoms with Gasteiger partial charge in [0.15, 0.2) is 0 Å². The van der Waals surface area contributed by atoms with Crippen LogP contribution < -0.4 is 11.1 Å². The molecule has 4 nitrogen and oxygen atoms in total. The fourth-order valence-corrected chi connectivity index (χ4v) is 3.54. The fraction of sp³-hybridized carbons (Fsp3) is 0.409. The van der Waals surface area contributed by atoms with Crippen molar-refractivity contribution in [2.45, 2.75) is 31.8 Å². The third-order valence-corrected chi connectivity index (χ3v) is 5.18. The standard InChI is InChI=1S/C22H29N3O.2ClH/c23-21(20-9-5-2-6-10-20)15-22(26)24-16-18-11-13-25(14-12-18)17-19-7-3-1-4-8-19;;/h1-10,18,21H,11-17,23H2,(H,24,26);2*1H.